The van der Waals surface area contributed by atoms with Gasteiger partial charge in [-0.3, -0.25) is 4.98 Å². The first-order chi connectivity index (χ1) is 9.08. The van der Waals surface area contributed by atoms with E-state index in [2.05, 4.69) is 4.98 Å². The maximum atomic E-state index is 10.4. The van der Waals surface area contributed by atoms with Crippen molar-refractivity contribution >= 4 is 0 Å². The number of hydrogen-bond acceptors (Lipinski definition) is 3. The van der Waals surface area contributed by atoms with E-state index < -0.39 is 6.10 Å². The number of aliphatic hydroxyl groups excluding tert-OH is 1. The van der Waals surface area contributed by atoms with E-state index in [1.807, 2.05) is 51.1 Å². The molecule has 0 amide bonds. The maximum absolute atomic E-state index is 10.4. The maximum Gasteiger partial charge on any atom is 0.119 e. The summed E-state index contributed by atoms with van der Waals surface area (Å²) in [6.07, 6.45) is 2.98. The largest absolute Gasteiger partial charge is 0.491 e. The lowest BCUT2D eigenvalue weighted by atomic mass is 9.99. The zero-order chi connectivity index (χ0) is 13.8. The molecule has 2 aromatic rings. The minimum Gasteiger partial charge on any atom is -0.491 e. The van der Waals surface area contributed by atoms with Crippen molar-refractivity contribution in [2.24, 2.45) is 0 Å². The van der Waals surface area contributed by atoms with Gasteiger partial charge in [0.05, 0.1) is 6.10 Å². The molecule has 0 aliphatic rings. The predicted octanol–water partition coefficient (Wildman–Crippen LogP) is 3.26. The minimum absolute atomic E-state index is 0.151. The van der Waals surface area contributed by atoms with E-state index in [1.165, 1.54) is 0 Å². The smallest absolute Gasteiger partial charge is 0.119 e. The van der Waals surface area contributed by atoms with Gasteiger partial charge >= 0.3 is 0 Å². The Morgan fingerprint density at radius 2 is 1.79 bits per heavy atom. The fourth-order valence-corrected chi connectivity index (χ4v) is 1.97. The van der Waals surface area contributed by atoms with Gasteiger partial charge < -0.3 is 9.84 Å². The molecule has 0 saturated carbocycles. The summed E-state index contributed by atoms with van der Waals surface area (Å²) in [6, 6.07) is 9.40. The van der Waals surface area contributed by atoms with E-state index >= 15 is 0 Å². The molecule has 1 aromatic carbocycles. The lowest BCUT2D eigenvalue weighted by Gasteiger charge is -2.15. The number of hydrogen-bond donors (Lipinski definition) is 1. The topological polar surface area (TPSA) is 42.4 Å². The van der Waals surface area contributed by atoms with Crippen LogP contribution >= 0.6 is 0 Å². The Balaban J connectivity index is 2.20. The van der Waals surface area contributed by atoms with Gasteiger partial charge in [-0.15, -0.1) is 0 Å². The van der Waals surface area contributed by atoms with Crippen molar-refractivity contribution in [1.29, 1.82) is 0 Å². The Morgan fingerprint density at radius 1 is 1.11 bits per heavy atom. The number of aromatic nitrogens is 1. The van der Waals surface area contributed by atoms with Gasteiger partial charge in [-0.2, -0.15) is 0 Å². The van der Waals surface area contributed by atoms with Crippen molar-refractivity contribution in [2.75, 3.05) is 0 Å². The number of nitrogens with zero attached hydrogens (tertiary/aromatic N) is 1. The normalized spacial score (nSPS) is 12.5. The van der Waals surface area contributed by atoms with Crippen LogP contribution in [0.3, 0.4) is 0 Å². The van der Waals surface area contributed by atoms with Gasteiger partial charge in [0.25, 0.3) is 0 Å². The van der Waals surface area contributed by atoms with E-state index in [4.69, 9.17) is 4.74 Å². The second-order valence-electron chi connectivity index (χ2n) is 4.87. The zero-order valence-electron chi connectivity index (χ0n) is 11.5. The number of aryl methyl sites for hydroxylation is 1. The fourth-order valence-electron chi connectivity index (χ4n) is 1.97. The highest BCUT2D eigenvalue weighted by Gasteiger charge is 2.12. The number of ether oxygens (including phenoxy) is 1. The summed E-state index contributed by atoms with van der Waals surface area (Å²) in [5.41, 5.74) is 2.72. The fraction of sp³-hybridized carbons (Fsp3) is 0.312. The van der Waals surface area contributed by atoms with Crippen molar-refractivity contribution in [3.05, 3.63) is 59.4 Å². The summed E-state index contributed by atoms with van der Waals surface area (Å²) in [4.78, 5) is 4.04. The molecule has 1 unspecified atom stereocenters. The molecule has 0 bridgehead atoms. The first-order valence-electron chi connectivity index (χ1n) is 6.43. The summed E-state index contributed by atoms with van der Waals surface area (Å²) in [6.45, 7) is 5.92. The molecule has 3 nitrogen and oxygen atoms in total. The van der Waals surface area contributed by atoms with Crippen LogP contribution in [0.25, 0.3) is 0 Å². The van der Waals surface area contributed by atoms with Crippen LogP contribution in [-0.2, 0) is 0 Å². The molecule has 1 atom stereocenters. The average Bonchev–Trinajstić information content (AvgIpc) is 2.39. The third-order valence-corrected chi connectivity index (χ3v) is 2.93. The average molecular weight is 257 g/mol. The monoisotopic (exact) mass is 257 g/mol. The van der Waals surface area contributed by atoms with Gasteiger partial charge in [-0.05, 0) is 55.7 Å². The van der Waals surface area contributed by atoms with Crippen molar-refractivity contribution in [1.82, 2.24) is 4.98 Å². The highest BCUT2D eigenvalue weighted by molar-refractivity contribution is 5.36. The first kappa shape index (κ1) is 13.6. The lowest BCUT2D eigenvalue weighted by molar-refractivity contribution is 0.218. The summed E-state index contributed by atoms with van der Waals surface area (Å²) in [5, 5.41) is 10.4. The van der Waals surface area contributed by atoms with Gasteiger partial charge in [0, 0.05) is 12.4 Å². The highest BCUT2D eigenvalue weighted by Crippen LogP contribution is 2.25. The molecular formula is C16H19NO2. The van der Waals surface area contributed by atoms with Crippen LogP contribution in [0.4, 0.5) is 0 Å². The number of pyridine rings is 1. The van der Waals surface area contributed by atoms with Gasteiger partial charge in [0.2, 0.25) is 0 Å². The Labute approximate surface area is 113 Å². The molecule has 0 fully saturated rings. The Hall–Kier alpha value is -1.87. The highest BCUT2D eigenvalue weighted by atomic mass is 16.5. The van der Waals surface area contributed by atoms with Crippen molar-refractivity contribution in [3.63, 3.8) is 0 Å². The van der Waals surface area contributed by atoms with Crippen LogP contribution < -0.4 is 4.74 Å². The molecule has 1 aromatic heterocycles. The molecule has 2 rings (SSSR count). The van der Waals surface area contributed by atoms with Gasteiger partial charge in [-0.25, -0.2) is 0 Å². The molecule has 1 heterocycles. The van der Waals surface area contributed by atoms with Crippen molar-refractivity contribution < 1.29 is 9.84 Å². The third kappa shape index (κ3) is 3.32. The molecule has 3 heteroatoms. The van der Waals surface area contributed by atoms with Crippen molar-refractivity contribution in [3.8, 4) is 5.75 Å². The Kier molecular flexibility index (Phi) is 4.17. The molecule has 100 valence electrons. The minimum atomic E-state index is -0.629. The first-order valence-corrected chi connectivity index (χ1v) is 6.43. The lowest BCUT2D eigenvalue weighted by Crippen LogP contribution is -2.06. The van der Waals surface area contributed by atoms with Crippen LogP contribution in [0.5, 0.6) is 5.75 Å². The Bertz CT molecular complexity index is 535. The van der Waals surface area contributed by atoms with Crippen molar-refractivity contribution in [2.45, 2.75) is 33.0 Å². The summed E-state index contributed by atoms with van der Waals surface area (Å²) >= 11 is 0. The molecule has 0 aliphatic carbocycles. The summed E-state index contributed by atoms with van der Waals surface area (Å²) in [5.74, 6) is 0.817. The second-order valence-corrected chi connectivity index (χ2v) is 4.87. The number of aliphatic hydroxyl groups is 1. The van der Waals surface area contributed by atoms with Gasteiger partial charge in [0.15, 0.2) is 0 Å². The van der Waals surface area contributed by atoms with E-state index in [-0.39, 0.29) is 6.10 Å². The van der Waals surface area contributed by atoms with Gasteiger partial charge in [-0.1, -0.05) is 12.1 Å². The quantitative estimate of drug-likeness (QED) is 0.914. The third-order valence-electron chi connectivity index (χ3n) is 2.93. The molecule has 0 saturated heterocycles. The number of rotatable bonds is 4. The van der Waals surface area contributed by atoms with Crippen LogP contribution in [0.15, 0.2) is 42.7 Å². The standard InChI is InChI=1S/C16H19NO2/c1-11(2)19-14-6-4-13(5-7-14)16(18)15-8-9-17-10-12(15)3/h4-11,16,18H,1-3H3. The van der Waals surface area contributed by atoms with Crippen LogP contribution in [-0.4, -0.2) is 16.2 Å². The van der Waals surface area contributed by atoms with Gasteiger partial charge in [0.1, 0.15) is 11.9 Å². The van der Waals surface area contributed by atoms with E-state index in [1.54, 1.807) is 12.4 Å². The molecule has 1 N–H and O–H groups in total. The Morgan fingerprint density at radius 3 is 2.37 bits per heavy atom. The van der Waals surface area contributed by atoms with E-state index in [9.17, 15) is 5.11 Å². The molecule has 0 aliphatic heterocycles. The van der Waals surface area contributed by atoms with Crippen LogP contribution in [0, 0.1) is 6.92 Å². The van der Waals surface area contributed by atoms with E-state index in [0.29, 0.717) is 0 Å². The predicted molar refractivity (Wildman–Crippen MR) is 75.2 cm³/mol. The summed E-state index contributed by atoms with van der Waals surface area (Å²) < 4.78 is 5.59. The number of benzene rings is 1. The summed E-state index contributed by atoms with van der Waals surface area (Å²) in [7, 11) is 0. The molecule has 0 radical (unpaired) electrons. The van der Waals surface area contributed by atoms with Crippen LogP contribution in [0.1, 0.15) is 36.6 Å². The second kappa shape index (κ2) is 5.85. The SMILES string of the molecule is Cc1cnccc1C(O)c1ccc(OC(C)C)cc1. The molecular weight excluding hydrogens is 238 g/mol. The van der Waals surface area contributed by atoms with E-state index in [0.717, 1.165) is 22.4 Å². The molecule has 0 spiro atoms. The molecule has 19 heavy (non-hydrogen) atoms. The zero-order valence-corrected chi connectivity index (χ0v) is 11.5. The van der Waals surface area contributed by atoms with Crippen LogP contribution in [0.2, 0.25) is 0 Å².